The molecule has 1 unspecified atom stereocenters. The second-order valence-electron chi connectivity index (χ2n) is 6.07. The van der Waals surface area contributed by atoms with Crippen LogP contribution in [-0.4, -0.2) is 33.8 Å². The van der Waals surface area contributed by atoms with Crippen LogP contribution in [0.2, 0.25) is 0 Å². The van der Waals surface area contributed by atoms with Gasteiger partial charge in [-0.1, -0.05) is 13.8 Å². The summed E-state index contributed by atoms with van der Waals surface area (Å²) in [5.74, 6) is -0.814. The van der Waals surface area contributed by atoms with Gasteiger partial charge in [0.25, 0.3) is 0 Å². The zero-order chi connectivity index (χ0) is 16.2. The number of carbonyl (C=O) groups is 2. The number of hydrogen-bond donors (Lipinski definition) is 2. The van der Waals surface area contributed by atoms with Gasteiger partial charge in [0.15, 0.2) is 0 Å². The zero-order valence-corrected chi connectivity index (χ0v) is 13.8. The van der Waals surface area contributed by atoms with Crippen LogP contribution in [0.5, 0.6) is 0 Å². The molecule has 2 N–H and O–H groups in total. The van der Waals surface area contributed by atoms with E-state index in [-0.39, 0.29) is 6.42 Å². The van der Waals surface area contributed by atoms with Crippen molar-refractivity contribution in [2.24, 2.45) is 0 Å². The van der Waals surface area contributed by atoms with Crippen molar-refractivity contribution in [2.75, 3.05) is 0 Å². The van der Waals surface area contributed by atoms with Gasteiger partial charge in [0.1, 0.15) is 11.6 Å². The maximum atomic E-state index is 11.7. The van der Waals surface area contributed by atoms with Gasteiger partial charge in [-0.15, -0.1) is 11.3 Å². The Morgan fingerprint density at radius 2 is 2.05 bits per heavy atom. The molecule has 118 valence electrons. The summed E-state index contributed by atoms with van der Waals surface area (Å²) in [6.45, 7) is 9.21. The number of alkyl carbamates (subject to hydrolysis) is 1. The van der Waals surface area contributed by atoms with Gasteiger partial charge in [-0.25, -0.2) is 14.6 Å². The smallest absolute Gasteiger partial charge is 0.408 e. The van der Waals surface area contributed by atoms with Crippen LogP contribution in [-0.2, 0) is 16.0 Å². The Morgan fingerprint density at radius 3 is 2.48 bits per heavy atom. The Bertz CT molecular complexity index is 505. The van der Waals surface area contributed by atoms with Crippen LogP contribution in [0.1, 0.15) is 51.2 Å². The van der Waals surface area contributed by atoms with E-state index in [0.717, 1.165) is 5.01 Å². The fraction of sp³-hybridized carbons (Fsp3) is 0.643. The molecule has 1 aromatic heterocycles. The van der Waals surface area contributed by atoms with E-state index < -0.39 is 23.7 Å². The molecule has 0 aliphatic heterocycles. The van der Waals surface area contributed by atoms with E-state index in [1.165, 1.54) is 11.3 Å². The first kappa shape index (κ1) is 17.4. The summed E-state index contributed by atoms with van der Waals surface area (Å²) in [5.41, 5.74) is -0.00867. The lowest BCUT2D eigenvalue weighted by atomic mass is 10.1. The molecule has 7 heteroatoms. The summed E-state index contributed by atoms with van der Waals surface area (Å²) in [6, 6.07) is -1.05. The maximum absolute atomic E-state index is 11.7. The molecule has 0 aliphatic carbocycles. The van der Waals surface area contributed by atoms with Crippen molar-refractivity contribution in [1.82, 2.24) is 10.3 Å². The average Bonchev–Trinajstić information content (AvgIpc) is 2.74. The fourth-order valence-electron chi connectivity index (χ4n) is 1.54. The number of amides is 1. The second-order valence-corrected chi connectivity index (χ2v) is 6.96. The highest BCUT2D eigenvalue weighted by Crippen LogP contribution is 2.20. The van der Waals surface area contributed by atoms with Crippen LogP contribution < -0.4 is 5.32 Å². The molecule has 6 nitrogen and oxygen atoms in total. The number of aliphatic carboxylic acids is 1. The predicted molar refractivity (Wildman–Crippen MR) is 80.7 cm³/mol. The number of carboxylic acids is 1. The van der Waals surface area contributed by atoms with Gasteiger partial charge < -0.3 is 15.2 Å². The third kappa shape index (κ3) is 6.12. The molecule has 0 saturated heterocycles. The van der Waals surface area contributed by atoms with E-state index in [0.29, 0.717) is 11.6 Å². The molecule has 0 aromatic carbocycles. The summed E-state index contributed by atoms with van der Waals surface area (Å²) in [7, 11) is 0. The number of nitrogens with one attached hydrogen (secondary N) is 1. The number of carboxylic acid groups (broad SMARTS) is 1. The first-order chi connectivity index (χ1) is 9.58. The van der Waals surface area contributed by atoms with Crippen LogP contribution in [0.25, 0.3) is 0 Å². The average molecular weight is 314 g/mol. The molecule has 0 radical (unpaired) electrons. The largest absolute Gasteiger partial charge is 0.480 e. The summed E-state index contributed by atoms with van der Waals surface area (Å²) in [4.78, 5) is 27.3. The molecule has 0 spiro atoms. The van der Waals surface area contributed by atoms with Crippen molar-refractivity contribution in [3.63, 3.8) is 0 Å². The minimum absolute atomic E-state index is 0.137. The lowest BCUT2D eigenvalue weighted by molar-refractivity contribution is -0.139. The summed E-state index contributed by atoms with van der Waals surface area (Å²) in [5, 5.41) is 14.3. The molecule has 0 fully saturated rings. The Hall–Kier alpha value is -1.63. The number of carbonyl (C=O) groups excluding carboxylic acids is 1. The van der Waals surface area contributed by atoms with Gasteiger partial charge in [-0.3, -0.25) is 0 Å². The van der Waals surface area contributed by atoms with Crippen LogP contribution in [0, 0.1) is 0 Å². The molecule has 0 saturated carbocycles. The topological polar surface area (TPSA) is 88.5 Å². The molecule has 1 atom stereocenters. The summed E-state index contributed by atoms with van der Waals surface area (Å²) in [6.07, 6.45) is -0.605. The molecule has 1 amide bonds. The number of nitrogens with zero attached hydrogens (tertiary/aromatic N) is 1. The van der Waals surface area contributed by atoms with E-state index in [4.69, 9.17) is 4.74 Å². The van der Waals surface area contributed by atoms with Crippen molar-refractivity contribution in [2.45, 2.75) is 58.6 Å². The van der Waals surface area contributed by atoms with Gasteiger partial charge in [-0.05, 0) is 20.8 Å². The summed E-state index contributed by atoms with van der Waals surface area (Å²) >= 11 is 1.49. The van der Waals surface area contributed by atoms with Crippen LogP contribution in [0.4, 0.5) is 4.79 Å². The standard InChI is InChI=1S/C14H22N2O4S/c1-8(2)11-15-9(7-21-11)6-10(12(17)18)16-13(19)20-14(3,4)5/h7-8,10H,6H2,1-5H3,(H,16,19)(H,17,18). The monoisotopic (exact) mass is 314 g/mol. The molecular formula is C14H22N2O4S. The summed E-state index contributed by atoms with van der Waals surface area (Å²) < 4.78 is 5.07. The SMILES string of the molecule is CC(C)c1nc(CC(NC(=O)OC(C)(C)C)C(=O)O)cs1. The molecule has 1 heterocycles. The van der Waals surface area contributed by atoms with Gasteiger partial charge in [0.05, 0.1) is 10.7 Å². The normalized spacial score (nSPS) is 13.0. The highest BCUT2D eigenvalue weighted by molar-refractivity contribution is 7.09. The van der Waals surface area contributed by atoms with Crippen molar-refractivity contribution in [1.29, 1.82) is 0 Å². The molecular weight excluding hydrogens is 292 g/mol. The molecule has 0 aliphatic rings. The zero-order valence-electron chi connectivity index (χ0n) is 13.0. The highest BCUT2D eigenvalue weighted by atomic mass is 32.1. The second kappa shape index (κ2) is 6.89. The van der Waals surface area contributed by atoms with E-state index in [9.17, 15) is 14.7 Å². The fourth-order valence-corrected chi connectivity index (χ4v) is 2.39. The maximum Gasteiger partial charge on any atom is 0.408 e. The van der Waals surface area contributed by atoms with Crippen molar-refractivity contribution in [3.05, 3.63) is 16.1 Å². The van der Waals surface area contributed by atoms with Crippen LogP contribution in [0.3, 0.4) is 0 Å². The van der Waals surface area contributed by atoms with E-state index in [2.05, 4.69) is 10.3 Å². The third-order valence-electron chi connectivity index (χ3n) is 2.47. The molecule has 1 rings (SSSR count). The lowest BCUT2D eigenvalue weighted by Crippen LogP contribution is -2.44. The molecule has 21 heavy (non-hydrogen) atoms. The number of thiazole rings is 1. The highest BCUT2D eigenvalue weighted by Gasteiger charge is 2.25. The van der Waals surface area contributed by atoms with E-state index in [1.54, 1.807) is 20.8 Å². The minimum atomic E-state index is -1.11. The van der Waals surface area contributed by atoms with Gasteiger partial charge in [0.2, 0.25) is 0 Å². The Balaban J connectivity index is 2.69. The minimum Gasteiger partial charge on any atom is -0.480 e. The number of hydrogen-bond acceptors (Lipinski definition) is 5. The molecule has 1 aromatic rings. The number of aromatic nitrogens is 1. The van der Waals surface area contributed by atoms with E-state index >= 15 is 0 Å². The van der Waals surface area contributed by atoms with Crippen molar-refractivity contribution in [3.8, 4) is 0 Å². The van der Waals surface area contributed by atoms with Crippen LogP contribution >= 0.6 is 11.3 Å². The Morgan fingerprint density at radius 1 is 1.43 bits per heavy atom. The van der Waals surface area contributed by atoms with Gasteiger partial charge >= 0.3 is 12.1 Å². The van der Waals surface area contributed by atoms with E-state index in [1.807, 2.05) is 19.2 Å². The lowest BCUT2D eigenvalue weighted by Gasteiger charge is -2.21. The van der Waals surface area contributed by atoms with Gasteiger partial charge in [-0.2, -0.15) is 0 Å². The first-order valence-electron chi connectivity index (χ1n) is 6.75. The molecule has 0 bridgehead atoms. The van der Waals surface area contributed by atoms with Crippen molar-refractivity contribution < 1.29 is 19.4 Å². The third-order valence-corrected chi connectivity index (χ3v) is 3.66. The Labute approximate surface area is 128 Å². The van der Waals surface area contributed by atoms with Crippen molar-refractivity contribution >= 4 is 23.4 Å². The Kier molecular flexibility index (Phi) is 5.71. The van der Waals surface area contributed by atoms with Gasteiger partial charge in [0, 0.05) is 17.7 Å². The predicted octanol–water partition coefficient (Wildman–Crippen LogP) is 2.79. The van der Waals surface area contributed by atoms with Crippen LogP contribution in [0.15, 0.2) is 5.38 Å². The number of ether oxygens (including phenoxy) is 1. The quantitative estimate of drug-likeness (QED) is 0.872. The number of rotatable bonds is 5. The first-order valence-corrected chi connectivity index (χ1v) is 7.63.